The first-order valence-corrected chi connectivity index (χ1v) is 5.84. The fourth-order valence-electron chi connectivity index (χ4n) is 1.50. The number of hydrogen-bond acceptors (Lipinski definition) is 2. The van der Waals surface area contributed by atoms with Crippen LogP contribution >= 0.6 is 11.8 Å². The lowest BCUT2D eigenvalue weighted by Gasteiger charge is -2.08. The normalized spacial score (nSPS) is 18.6. The van der Waals surface area contributed by atoms with Crippen LogP contribution in [0, 0.1) is 12.8 Å². The number of benzene rings is 1. The summed E-state index contributed by atoms with van der Waals surface area (Å²) in [6.45, 7) is 2.03. The van der Waals surface area contributed by atoms with Gasteiger partial charge in [0.15, 0.2) is 0 Å². The van der Waals surface area contributed by atoms with Gasteiger partial charge in [-0.25, -0.2) is 0 Å². The van der Waals surface area contributed by atoms with Crippen molar-refractivity contribution in [1.82, 2.24) is 0 Å². The Balaban J connectivity index is 2.11. The van der Waals surface area contributed by atoms with Crippen LogP contribution in [0.5, 0.6) is 0 Å². The van der Waals surface area contributed by atoms with Gasteiger partial charge in [0.05, 0.1) is 0 Å². The van der Waals surface area contributed by atoms with E-state index >= 15 is 0 Å². The monoisotopic (exact) mass is 232 g/mol. The zero-order chi connectivity index (χ0) is 11.5. The van der Waals surface area contributed by atoms with Crippen molar-refractivity contribution in [2.75, 3.05) is 0 Å². The Hall–Kier alpha value is -1.48. The summed E-state index contributed by atoms with van der Waals surface area (Å²) in [7, 11) is 0. The minimum atomic E-state index is -0.792. The van der Waals surface area contributed by atoms with Crippen molar-refractivity contribution in [3.63, 3.8) is 0 Å². The number of allylic oxidation sites excluding steroid dienone is 2. The van der Waals surface area contributed by atoms with Crippen LogP contribution in [0.4, 0.5) is 0 Å². The highest BCUT2D eigenvalue weighted by Gasteiger charge is 2.22. The molecule has 16 heavy (non-hydrogen) atoms. The smallest absolute Gasteiger partial charge is 0.315 e. The number of carboxylic acids is 1. The summed E-state index contributed by atoms with van der Waals surface area (Å²) in [5, 5.41) is 9.00. The number of aryl methyl sites for hydroxylation is 1. The van der Waals surface area contributed by atoms with E-state index in [1.807, 2.05) is 37.3 Å². The molecule has 0 heterocycles. The summed E-state index contributed by atoms with van der Waals surface area (Å²) in [5.74, 6) is -1.27. The molecule has 1 aliphatic rings. The van der Waals surface area contributed by atoms with E-state index in [2.05, 4.69) is 0 Å². The summed E-state index contributed by atoms with van der Waals surface area (Å²) in [6, 6.07) is 8.08. The predicted octanol–water partition coefficient (Wildman–Crippen LogP) is 3.24. The summed E-state index contributed by atoms with van der Waals surface area (Å²) < 4.78 is 0. The third-order valence-electron chi connectivity index (χ3n) is 2.39. The zero-order valence-corrected chi connectivity index (χ0v) is 9.70. The first kappa shape index (κ1) is 11.0. The quantitative estimate of drug-likeness (QED) is 0.869. The fraction of sp³-hybridized carbons (Fsp3) is 0.154. The second-order valence-corrected chi connectivity index (χ2v) is 4.83. The van der Waals surface area contributed by atoms with E-state index in [0.29, 0.717) is 0 Å². The van der Waals surface area contributed by atoms with Crippen molar-refractivity contribution in [2.24, 2.45) is 5.92 Å². The maximum absolute atomic E-state index is 11.0. The van der Waals surface area contributed by atoms with Gasteiger partial charge in [0, 0.05) is 9.80 Å². The summed E-state index contributed by atoms with van der Waals surface area (Å²) in [5.41, 5.74) is 1.21. The molecule has 0 aromatic heterocycles. The fourth-order valence-corrected chi connectivity index (χ4v) is 2.50. The van der Waals surface area contributed by atoms with Crippen molar-refractivity contribution in [3.8, 4) is 0 Å². The number of rotatable bonds is 3. The maximum atomic E-state index is 11.0. The molecular formula is C13H12O2S. The van der Waals surface area contributed by atoms with Crippen molar-refractivity contribution in [2.45, 2.75) is 11.8 Å². The molecule has 1 N–H and O–H groups in total. The van der Waals surface area contributed by atoms with Gasteiger partial charge < -0.3 is 5.11 Å². The highest BCUT2D eigenvalue weighted by atomic mass is 32.2. The van der Waals surface area contributed by atoms with E-state index in [1.165, 1.54) is 17.3 Å². The predicted molar refractivity (Wildman–Crippen MR) is 65.4 cm³/mol. The topological polar surface area (TPSA) is 37.3 Å². The van der Waals surface area contributed by atoms with Crippen LogP contribution in [-0.2, 0) is 4.79 Å². The summed E-state index contributed by atoms with van der Waals surface area (Å²) in [4.78, 5) is 12.9. The number of carboxylic acid groups (broad SMARTS) is 1. The van der Waals surface area contributed by atoms with E-state index in [1.54, 1.807) is 12.2 Å². The van der Waals surface area contributed by atoms with Crippen LogP contribution in [0.25, 0.3) is 0 Å². The average Bonchev–Trinajstić information content (AvgIpc) is 2.69. The highest BCUT2D eigenvalue weighted by molar-refractivity contribution is 8.03. The van der Waals surface area contributed by atoms with Crippen LogP contribution < -0.4 is 0 Å². The van der Waals surface area contributed by atoms with Gasteiger partial charge in [-0.1, -0.05) is 47.7 Å². The lowest BCUT2D eigenvalue weighted by molar-refractivity contribution is -0.138. The number of aliphatic carboxylic acids is 1. The van der Waals surface area contributed by atoms with Crippen LogP contribution in [-0.4, -0.2) is 11.1 Å². The molecule has 0 aliphatic heterocycles. The van der Waals surface area contributed by atoms with E-state index in [4.69, 9.17) is 5.11 Å². The molecule has 0 fully saturated rings. The molecule has 0 amide bonds. The van der Waals surface area contributed by atoms with Gasteiger partial charge in [-0.3, -0.25) is 4.79 Å². The SMILES string of the molecule is Cc1ccc(SC2=CC=CC2C(=O)O)cc1. The molecule has 0 saturated carbocycles. The molecule has 2 nitrogen and oxygen atoms in total. The van der Waals surface area contributed by atoms with Gasteiger partial charge in [0.1, 0.15) is 5.92 Å². The van der Waals surface area contributed by atoms with E-state index < -0.39 is 11.9 Å². The van der Waals surface area contributed by atoms with Gasteiger partial charge in [-0.05, 0) is 19.1 Å². The minimum absolute atomic E-state index is 0.480. The molecule has 2 rings (SSSR count). The molecular weight excluding hydrogens is 220 g/mol. The van der Waals surface area contributed by atoms with Gasteiger partial charge in [0.25, 0.3) is 0 Å². The molecule has 0 spiro atoms. The largest absolute Gasteiger partial charge is 0.481 e. The third-order valence-corrected chi connectivity index (χ3v) is 3.53. The van der Waals surface area contributed by atoms with Gasteiger partial charge in [-0.15, -0.1) is 0 Å². The molecule has 1 aromatic rings. The lowest BCUT2D eigenvalue weighted by atomic mass is 10.2. The van der Waals surface area contributed by atoms with Crippen LogP contribution in [0.15, 0.2) is 52.3 Å². The maximum Gasteiger partial charge on any atom is 0.315 e. The van der Waals surface area contributed by atoms with Crippen LogP contribution in [0.3, 0.4) is 0 Å². The molecule has 3 heteroatoms. The molecule has 0 radical (unpaired) electrons. The average molecular weight is 232 g/mol. The van der Waals surface area contributed by atoms with Gasteiger partial charge in [-0.2, -0.15) is 0 Å². The molecule has 1 aliphatic carbocycles. The number of thioether (sulfide) groups is 1. The Morgan fingerprint density at radius 2 is 2.00 bits per heavy atom. The lowest BCUT2D eigenvalue weighted by Crippen LogP contribution is -2.09. The van der Waals surface area contributed by atoms with Crippen LogP contribution in [0.1, 0.15) is 5.56 Å². The molecule has 1 atom stereocenters. The van der Waals surface area contributed by atoms with E-state index in [0.717, 1.165) is 9.80 Å². The minimum Gasteiger partial charge on any atom is -0.481 e. The Labute approximate surface area is 98.7 Å². The molecule has 1 unspecified atom stereocenters. The Morgan fingerprint density at radius 1 is 1.31 bits per heavy atom. The zero-order valence-electron chi connectivity index (χ0n) is 8.88. The van der Waals surface area contributed by atoms with Crippen molar-refractivity contribution in [3.05, 3.63) is 53.0 Å². The highest BCUT2D eigenvalue weighted by Crippen LogP contribution is 2.35. The molecule has 0 saturated heterocycles. The summed E-state index contributed by atoms with van der Waals surface area (Å²) >= 11 is 1.51. The second kappa shape index (κ2) is 4.58. The van der Waals surface area contributed by atoms with Crippen molar-refractivity contribution in [1.29, 1.82) is 0 Å². The Bertz CT molecular complexity index is 457. The number of carbonyl (C=O) groups is 1. The standard InChI is InChI=1S/C13H12O2S/c1-9-5-7-10(8-6-9)16-12-4-2-3-11(12)13(14)15/h2-8,11H,1H3,(H,14,15). The van der Waals surface area contributed by atoms with Crippen LogP contribution in [0.2, 0.25) is 0 Å². The van der Waals surface area contributed by atoms with Gasteiger partial charge >= 0.3 is 5.97 Å². The summed E-state index contributed by atoms with van der Waals surface area (Å²) in [6.07, 6.45) is 5.37. The number of hydrogen-bond donors (Lipinski definition) is 1. The van der Waals surface area contributed by atoms with E-state index in [9.17, 15) is 4.79 Å². The Kier molecular flexibility index (Phi) is 3.15. The first-order chi connectivity index (χ1) is 7.66. The van der Waals surface area contributed by atoms with Gasteiger partial charge in [0.2, 0.25) is 0 Å². The molecule has 82 valence electrons. The van der Waals surface area contributed by atoms with Crippen molar-refractivity contribution < 1.29 is 9.90 Å². The molecule has 0 bridgehead atoms. The molecule has 1 aromatic carbocycles. The van der Waals surface area contributed by atoms with Crippen molar-refractivity contribution >= 4 is 17.7 Å². The van der Waals surface area contributed by atoms with E-state index in [-0.39, 0.29) is 0 Å². The third kappa shape index (κ3) is 2.36. The Morgan fingerprint density at radius 3 is 2.62 bits per heavy atom. The first-order valence-electron chi connectivity index (χ1n) is 5.02. The second-order valence-electron chi connectivity index (χ2n) is 3.68.